The minimum Gasteiger partial charge on any atom is -0.349 e. The Labute approximate surface area is 135 Å². The highest BCUT2D eigenvalue weighted by Gasteiger charge is 2.38. The minimum atomic E-state index is 0.0277. The van der Waals surface area contributed by atoms with Crippen LogP contribution in [0.15, 0.2) is 24.3 Å². The van der Waals surface area contributed by atoms with E-state index in [1.807, 2.05) is 24.3 Å². The number of amides is 1. The highest BCUT2D eigenvalue weighted by Crippen LogP contribution is 2.28. The van der Waals surface area contributed by atoms with Gasteiger partial charge in [0.2, 0.25) is 0 Å². The van der Waals surface area contributed by atoms with Crippen molar-refractivity contribution in [2.24, 2.45) is 0 Å². The first kappa shape index (κ1) is 15.8. The summed E-state index contributed by atoms with van der Waals surface area (Å²) < 4.78 is 1.14. The number of hydrogen-bond donors (Lipinski definition) is 2. The molecule has 20 heavy (non-hydrogen) atoms. The largest absolute Gasteiger partial charge is 0.349 e. The molecule has 0 atom stereocenters. The molecule has 4 heteroatoms. The molecule has 1 aromatic rings. The van der Waals surface area contributed by atoms with Crippen LogP contribution in [-0.4, -0.2) is 23.0 Å². The molecule has 0 bridgehead atoms. The number of benzene rings is 1. The van der Waals surface area contributed by atoms with Gasteiger partial charge >= 0.3 is 0 Å². The molecule has 0 aromatic heterocycles. The van der Waals surface area contributed by atoms with Crippen molar-refractivity contribution in [3.05, 3.63) is 33.4 Å². The molecule has 0 unspecified atom stereocenters. The Morgan fingerprint density at radius 3 is 2.15 bits per heavy atom. The minimum absolute atomic E-state index is 0.0277. The molecule has 1 aliphatic rings. The van der Waals surface area contributed by atoms with Crippen LogP contribution >= 0.6 is 22.6 Å². The highest BCUT2D eigenvalue weighted by molar-refractivity contribution is 14.1. The fraction of sp³-hybridized carbons (Fsp3) is 0.562. The first-order valence-electron chi connectivity index (χ1n) is 7.03. The van der Waals surface area contributed by atoms with Crippen LogP contribution in [-0.2, 0) is 0 Å². The third-order valence-electron chi connectivity index (χ3n) is 3.63. The van der Waals surface area contributed by atoms with Crippen LogP contribution in [0.3, 0.4) is 0 Å². The first-order chi connectivity index (χ1) is 9.17. The Morgan fingerprint density at radius 1 is 1.15 bits per heavy atom. The molecule has 1 heterocycles. The third-order valence-corrected chi connectivity index (χ3v) is 4.35. The maximum atomic E-state index is 12.3. The van der Waals surface area contributed by atoms with Crippen LogP contribution in [0.25, 0.3) is 0 Å². The van der Waals surface area contributed by atoms with Crippen LogP contribution < -0.4 is 10.6 Å². The van der Waals surface area contributed by atoms with E-state index >= 15 is 0 Å². The molecule has 3 nitrogen and oxygen atoms in total. The summed E-state index contributed by atoms with van der Waals surface area (Å²) in [5.74, 6) is 0.0277. The van der Waals surface area contributed by atoms with Crippen molar-refractivity contribution in [2.45, 2.75) is 57.7 Å². The van der Waals surface area contributed by atoms with Crippen LogP contribution in [0, 0.1) is 3.57 Å². The fourth-order valence-electron chi connectivity index (χ4n) is 3.29. The molecule has 2 N–H and O–H groups in total. The third kappa shape index (κ3) is 4.19. The number of carbonyl (C=O) groups is 1. The van der Waals surface area contributed by atoms with E-state index in [0.717, 1.165) is 22.0 Å². The summed E-state index contributed by atoms with van der Waals surface area (Å²) in [5.41, 5.74) is 0.830. The van der Waals surface area contributed by atoms with Crippen molar-refractivity contribution in [1.29, 1.82) is 0 Å². The van der Waals surface area contributed by atoms with E-state index in [1.54, 1.807) is 0 Å². The number of halogens is 1. The van der Waals surface area contributed by atoms with Gasteiger partial charge in [-0.1, -0.05) is 0 Å². The monoisotopic (exact) mass is 386 g/mol. The van der Waals surface area contributed by atoms with Crippen molar-refractivity contribution < 1.29 is 4.79 Å². The van der Waals surface area contributed by atoms with Gasteiger partial charge in [0, 0.05) is 26.3 Å². The van der Waals surface area contributed by atoms with Gasteiger partial charge in [-0.2, -0.15) is 0 Å². The molecular formula is C16H23IN2O. The summed E-state index contributed by atoms with van der Waals surface area (Å²) >= 11 is 2.24. The number of nitrogens with one attached hydrogen (secondary N) is 2. The van der Waals surface area contributed by atoms with Gasteiger partial charge in [0.1, 0.15) is 0 Å². The van der Waals surface area contributed by atoms with Gasteiger partial charge in [0.15, 0.2) is 0 Å². The van der Waals surface area contributed by atoms with Crippen molar-refractivity contribution in [3.8, 4) is 0 Å². The Kier molecular flexibility index (Phi) is 4.44. The standard InChI is InChI=1S/C16H23IN2O/c1-15(2)9-13(10-16(3,4)19-15)18-14(20)11-5-7-12(17)8-6-11/h5-8,13,19H,9-10H2,1-4H3,(H,18,20). The molecule has 1 aromatic carbocycles. The van der Waals surface area contributed by atoms with E-state index in [9.17, 15) is 4.79 Å². The first-order valence-corrected chi connectivity index (χ1v) is 8.11. The van der Waals surface area contributed by atoms with Gasteiger partial charge in [0.05, 0.1) is 0 Å². The Morgan fingerprint density at radius 2 is 1.65 bits per heavy atom. The summed E-state index contributed by atoms with van der Waals surface area (Å²) in [5, 5.41) is 6.81. The second-order valence-electron chi connectivity index (χ2n) is 6.98. The molecule has 1 fully saturated rings. The van der Waals surface area contributed by atoms with Crippen molar-refractivity contribution in [1.82, 2.24) is 10.6 Å². The van der Waals surface area contributed by atoms with Gasteiger partial charge in [-0.05, 0) is 87.4 Å². The smallest absolute Gasteiger partial charge is 0.251 e. The summed E-state index contributed by atoms with van der Waals surface area (Å²) in [6.07, 6.45) is 1.90. The van der Waals surface area contributed by atoms with E-state index in [2.05, 4.69) is 60.9 Å². The Balaban J connectivity index is 2.05. The van der Waals surface area contributed by atoms with Gasteiger partial charge in [-0.15, -0.1) is 0 Å². The van der Waals surface area contributed by atoms with Gasteiger partial charge in [-0.3, -0.25) is 4.79 Å². The maximum Gasteiger partial charge on any atom is 0.251 e. The maximum absolute atomic E-state index is 12.3. The van der Waals surface area contributed by atoms with Crippen LogP contribution in [0.5, 0.6) is 0 Å². The van der Waals surface area contributed by atoms with Gasteiger partial charge in [-0.25, -0.2) is 0 Å². The van der Waals surface area contributed by atoms with Crippen LogP contribution in [0.1, 0.15) is 50.9 Å². The number of hydrogen-bond acceptors (Lipinski definition) is 2. The topological polar surface area (TPSA) is 41.1 Å². The summed E-state index contributed by atoms with van der Waals surface area (Å²) in [4.78, 5) is 12.3. The van der Waals surface area contributed by atoms with Gasteiger partial charge in [0.25, 0.3) is 5.91 Å². The molecule has 110 valence electrons. The normalized spacial score (nSPS) is 21.4. The zero-order valence-corrected chi connectivity index (χ0v) is 14.7. The molecule has 1 saturated heterocycles. The summed E-state index contributed by atoms with van der Waals surface area (Å²) in [7, 11) is 0. The van der Waals surface area contributed by atoms with Crippen molar-refractivity contribution in [3.63, 3.8) is 0 Å². The summed E-state index contributed by atoms with van der Waals surface area (Å²) in [6.45, 7) is 8.77. The van der Waals surface area contributed by atoms with Crippen molar-refractivity contribution >= 4 is 28.5 Å². The van der Waals surface area contributed by atoms with E-state index in [4.69, 9.17) is 0 Å². The summed E-state index contributed by atoms with van der Waals surface area (Å²) in [6, 6.07) is 7.91. The number of piperidine rings is 1. The predicted molar refractivity (Wildman–Crippen MR) is 90.9 cm³/mol. The second kappa shape index (κ2) is 5.64. The highest BCUT2D eigenvalue weighted by atomic mass is 127. The lowest BCUT2D eigenvalue weighted by molar-refractivity contribution is 0.0873. The predicted octanol–water partition coefficient (Wildman–Crippen LogP) is 3.33. The molecule has 0 radical (unpaired) electrons. The molecule has 1 aliphatic heterocycles. The zero-order valence-electron chi connectivity index (χ0n) is 12.6. The van der Waals surface area contributed by atoms with E-state index in [0.29, 0.717) is 0 Å². The molecule has 0 spiro atoms. The Hall–Kier alpha value is -0.620. The lowest BCUT2D eigenvalue weighted by Crippen LogP contribution is -2.62. The van der Waals surface area contributed by atoms with Crippen molar-refractivity contribution in [2.75, 3.05) is 0 Å². The van der Waals surface area contributed by atoms with E-state index < -0.39 is 0 Å². The van der Waals surface area contributed by atoms with E-state index in [-0.39, 0.29) is 23.0 Å². The SMILES string of the molecule is CC1(C)CC(NC(=O)c2ccc(I)cc2)CC(C)(C)N1. The molecular weight excluding hydrogens is 363 g/mol. The quantitative estimate of drug-likeness (QED) is 0.766. The molecule has 0 saturated carbocycles. The van der Waals surface area contributed by atoms with Crippen LogP contribution in [0.2, 0.25) is 0 Å². The number of rotatable bonds is 2. The van der Waals surface area contributed by atoms with Gasteiger partial charge < -0.3 is 10.6 Å². The van der Waals surface area contributed by atoms with Crippen LogP contribution in [0.4, 0.5) is 0 Å². The number of carbonyl (C=O) groups excluding carboxylic acids is 1. The fourth-order valence-corrected chi connectivity index (χ4v) is 3.65. The lowest BCUT2D eigenvalue weighted by Gasteiger charge is -2.46. The lowest BCUT2D eigenvalue weighted by atomic mass is 9.79. The average Bonchev–Trinajstić information content (AvgIpc) is 2.25. The zero-order chi connectivity index (χ0) is 15.0. The molecule has 2 rings (SSSR count). The van der Waals surface area contributed by atoms with E-state index in [1.165, 1.54) is 0 Å². The molecule has 0 aliphatic carbocycles. The average molecular weight is 386 g/mol. The Bertz CT molecular complexity index is 478. The molecule has 1 amide bonds. The second-order valence-corrected chi connectivity index (χ2v) is 8.22.